The Morgan fingerprint density at radius 1 is 1.08 bits per heavy atom. The van der Waals surface area contributed by atoms with Crippen molar-refractivity contribution >= 4 is 6.41 Å². The molecule has 2 fully saturated rings. The van der Waals surface area contributed by atoms with Crippen LogP contribution in [0, 0.1) is 0 Å². The first-order chi connectivity index (χ1) is 6.42. The summed E-state index contributed by atoms with van der Waals surface area (Å²) in [6, 6.07) is 0.524. The Morgan fingerprint density at radius 3 is 2.23 bits per heavy atom. The van der Waals surface area contributed by atoms with E-state index in [0.29, 0.717) is 6.04 Å². The molecular formula is C10H18N2O. The predicted octanol–water partition coefficient (Wildman–Crippen LogP) is 1.40. The molecule has 1 saturated carbocycles. The molecule has 0 atom stereocenters. The molecule has 0 spiro atoms. The number of hydrogen-bond donors (Lipinski definition) is 0. The number of piperidine rings is 1. The maximum Gasteiger partial charge on any atom is 0.224 e. The summed E-state index contributed by atoms with van der Waals surface area (Å²) < 4.78 is 0. The summed E-state index contributed by atoms with van der Waals surface area (Å²) in [6.45, 7) is 2.16. The van der Waals surface area contributed by atoms with Crippen LogP contribution in [0.4, 0.5) is 0 Å². The maximum absolute atomic E-state index is 10.9. The Kier molecular flexibility index (Phi) is 2.83. The van der Waals surface area contributed by atoms with Crippen molar-refractivity contribution in [3.63, 3.8) is 0 Å². The zero-order valence-corrected chi connectivity index (χ0v) is 8.11. The Labute approximate surface area is 79.7 Å². The van der Waals surface area contributed by atoms with Crippen LogP contribution >= 0.6 is 0 Å². The second-order valence-corrected chi connectivity index (χ2v) is 4.08. The van der Waals surface area contributed by atoms with Crippen LogP contribution in [0.15, 0.2) is 0 Å². The minimum Gasteiger partial charge on any atom is -0.277 e. The molecule has 2 rings (SSSR count). The van der Waals surface area contributed by atoms with Crippen molar-refractivity contribution in [2.45, 2.75) is 44.6 Å². The van der Waals surface area contributed by atoms with Gasteiger partial charge in [-0.25, -0.2) is 5.01 Å². The summed E-state index contributed by atoms with van der Waals surface area (Å²) >= 11 is 0. The van der Waals surface area contributed by atoms with Crippen LogP contribution < -0.4 is 0 Å². The second kappa shape index (κ2) is 4.09. The minimum absolute atomic E-state index is 0.524. The van der Waals surface area contributed by atoms with Gasteiger partial charge in [-0.1, -0.05) is 6.42 Å². The minimum atomic E-state index is 0.524. The summed E-state index contributed by atoms with van der Waals surface area (Å²) in [5.41, 5.74) is 0. The van der Waals surface area contributed by atoms with E-state index in [0.717, 1.165) is 19.5 Å². The van der Waals surface area contributed by atoms with Gasteiger partial charge in [-0.2, -0.15) is 0 Å². The van der Waals surface area contributed by atoms with Crippen molar-refractivity contribution in [1.29, 1.82) is 0 Å². The first-order valence-electron chi connectivity index (χ1n) is 5.40. The molecule has 1 saturated heterocycles. The van der Waals surface area contributed by atoms with Crippen LogP contribution in [0.25, 0.3) is 0 Å². The lowest BCUT2D eigenvalue weighted by Crippen LogP contribution is -2.52. The van der Waals surface area contributed by atoms with E-state index < -0.39 is 0 Å². The molecule has 0 N–H and O–H groups in total. The highest BCUT2D eigenvalue weighted by atomic mass is 16.1. The van der Waals surface area contributed by atoms with Gasteiger partial charge in [0.15, 0.2) is 0 Å². The van der Waals surface area contributed by atoms with Crippen LogP contribution in [0.5, 0.6) is 0 Å². The lowest BCUT2D eigenvalue weighted by atomic mass is 9.93. The van der Waals surface area contributed by atoms with Gasteiger partial charge >= 0.3 is 0 Å². The number of hydrogen-bond acceptors (Lipinski definition) is 2. The van der Waals surface area contributed by atoms with Crippen LogP contribution in [-0.4, -0.2) is 35.6 Å². The number of carbonyl (C=O) groups is 1. The van der Waals surface area contributed by atoms with E-state index >= 15 is 0 Å². The van der Waals surface area contributed by atoms with Gasteiger partial charge in [0, 0.05) is 19.1 Å². The Balaban J connectivity index is 1.89. The first-order valence-corrected chi connectivity index (χ1v) is 5.40. The van der Waals surface area contributed by atoms with E-state index in [2.05, 4.69) is 5.01 Å². The largest absolute Gasteiger partial charge is 0.277 e. The van der Waals surface area contributed by atoms with Gasteiger partial charge in [0.1, 0.15) is 0 Å². The molecule has 0 aromatic carbocycles. The smallest absolute Gasteiger partial charge is 0.224 e. The van der Waals surface area contributed by atoms with Crippen LogP contribution in [0.3, 0.4) is 0 Å². The summed E-state index contributed by atoms with van der Waals surface area (Å²) in [4.78, 5) is 10.9. The number of amides is 1. The van der Waals surface area contributed by atoms with E-state index in [1.807, 2.05) is 5.01 Å². The second-order valence-electron chi connectivity index (χ2n) is 4.08. The molecule has 1 amide bonds. The van der Waals surface area contributed by atoms with Crippen molar-refractivity contribution in [3.8, 4) is 0 Å². The van der Waals surface area contributed by atoms with Crippen LogP contribution in [0.2, 0.25) is 0 Å². The van der Waals surface area contributed by atoms with Crippen molar-refractivity contribution in [2.75, 3.05) is 13.1 Å². The van der Waals surface area contributed by atoms with Gasteiger partial charge in [0.05, 0.1) is 0 Å². The molecule has 3 heteroatoms. The number of nitrogens with zero attached hydrogens (tertiary/aromatic N) is 2. The fourth-order valence-electron chi connectivity index (χ4n) is 2.14. The predicted molar refractivity (Wildman–Crippen MR) is 51.0 cm³/mol. The molecular weight excluding hydrogens is 164 g/mol. The molecule has 1 aliphatic heterocycles. The zero-order chi connectivity index (χ0) is 9.10. The summed E-state index contributed by atoms with van der Waals surface area (Å²) in [6.07, 6.45) is 8.55. The van der Waals surface area contributed by atoms with Gasteiger partial charge in [-0.3, -0.25) is 9.80 Å². The molecule has 0 aromatic heterocycles. The Hall–Kier alpha value is -0.570. The van der Waals surface area contributed by atoms with Gasteiger partial charge in [-0.05, 0) is 32.1 Å². The topological polar surface area (TPSA) is 23.6 Å². The van der Waals surface area contributed by atoms with Gasteiger partial charge < -0.3 is 0 Å². The lowest BCUT2D eigenvalue weighted by molar-refractivity contribution is -0.147. The fourth-order valence-corrected chi connectivity index (χ4v) is 2.14. The highest BCUT2D eigenvalue weighted by Gasteiger charge is 2.28. The third-order valence-corrected chi connectivity index (χ3v) is 3.22. The number of carbonyl (C=O) groups excluding carboxylic acids is 1. The molecule has 2 aliphatic rings. The van der Waals surface area contributed by atoms with Crippen LogP contribution in [0.1, 0.15) is 38.5 Å². The standard InChI is InChI=1S/C10H18N2O/c13-9-12(10-5-4-6-10)11-7-2-1-3-8-11/h9-10H,1-8H2. The van der Waals surface area contributed by atoms with E-state index in [4.69, 9.17) is 0 Å². The van der Waals surface area contributed by atoms with Crippen molar-refractivity contribution in [2.24, 2.45) is 0 Å². The van der Waals surface area contributed by atoms with Crippen LogP contribution in [-0.2, 0) is 4.79 Å². The third-order valence-electron chi connectivity index (χ3n) is 3.22. The van der Waals surface area contributed by atoms with Crippen molar-refractivity contribution in [3.05, 3.63) is 0 Å². The molecule has 1 heterocycles. The molecule has 0 aromatic rings. The maximum atomic E-state index is 10.9. The van der Waals surface area contributed by atoms with E-state index in [1.54, 1.807) is 0 Å². The normalized spacial score (nSPS) is 25.2. The van der Waals surface area contributed by atoms with Crippen molar-refractivity contribution in [1.82, 2.24) is 10.0 Å². The third kappa shape index (κ3) is 1.85. The molecule has 0 radical (unpaired) electrons. The number of rotatable bonds is 3. The van der Waals surface area contributed by atoms with E-state index in [-0.39, 0.29) is 0 Å². The quantitative estimate of drug-likeness (QED) is 0.616. The Bertz CT molecular complexity index is 174. The average molecular weight is 182 g/mol. The molecule has 0 unspecified atom stereocenters. The van der Waals surface area contributed by atoms with Gasteiger partial charge in [-0.15, -0.1) is 0 Å². The SMILES string of the molecule is O=CN(C1CCC1)N1CCCCC1. The average Bonchev–Trinajstić information content (AvgIpc) is 2.12. The van der Waals surface area contributed by atoms with E-state index in [9.17, 15) is 4.79 Å². The summed E-state index contributed by atoms with van der Waals surface area (Å²) in [5, 5.41) is 4.18. The lowest BCUT2D eigenvalue weighted by Gasteiger charge is -2.43. The van der Waals surface area contributed by atoms with Gasteiger partial charge in [0.25, 0.3) is 0 Å². The Morgan fingerprint density at radius 2 is 1.77 bits per heavy atom. The van der Waals surface area contributed by atoms with E-state index in [1.165, 1.54) is 38.5 Å². The molecule has 0 bridgehead atoms. The highest BCUT2D eigenvalue weighted by Crippen LogP contribution is 2.26. The number of hydrazine groups is 1. The monoisotopic (exact) mass is 182 g/mol. The molecule has 1 aliphatic carbocycles. The molecule has 13 heavy (non-hydrogen) atoms. The molecule has 3 nitrogen and oxygen atoms in total. The first kappa shape index (κ1) is 9.00. The fraction of sp³-hybridized carbons (Fsp3) is 0.900. The molecule has 74 valence electrons. The highest BCUT2D eigenvalue weighted by molar-refractivity contribution is 5.47. The van der Waals surface area contributed by atoms with Crippen molar-refractivity contribution < 1.29 is 4.79 Å². The summed E-state index contributed by atoms with van der Waals surface area (Å²) in [7, 11) is 0. The summed E-state index contributed by atoms with van der Waals surface area (Å²) in [5.74, 6) is 0. The zero-order valence-electron chi connectivity index (χ0n) is 8.11. The van der Waals surface area contributed by atoms with Gasteiger partial charge in [0.2, 0.25) is 6.41 Å².